The van der Waals surface area contributed by atoms with Crippen molar-refractivity contribution in [2.45, 2.75) is 0 Å². The van der Waals surface area contributed by atoms with Gasteiger partial charge >= 0.3 is 0 Å². The largest absolute Gasteiger partial charge is 0.372 e. The maximum absolute atomic E-state index is 12.0. The van der Waals surface area contributed by atoms with E-state index in [9.17, 15) is 14.9 Å². The molecule has 0 radical (unpaired) electrons. The zero-order valence-electron chi connectivity index (χ0n) is 10.8. The Morgan fingerprint density at radius 3 is 2.62 bits per heavy atom. The van der Waals surface area contributed by atoms with Crippen molar-refractivity contribution in [3.8, 4) is 0 Å². The van der Waals surface area contributed by atoms with E-state index in [4.69, 9.17) is 0 Å². The van der Waals surface area contributed by atoms with Gasteiger partial charge in [0.15, 0.2) is 5.69 Å². The number of hydrogen-bond donors (Lipinski definition) is 2. The predicted octanol–water partition coefficient (Wildman–Crippen LogP) is 2.44. The van der Waals surface area contributed by atoms with Crippen LogP contribution in [-0.2, 0) is 0 Å². The average Bonchev–Trinajstić information content (AvgIpc) is 2.49. The lowest BCUT2D eigenvalue weighted by molar-refractivity contribution is -0.384. The van der Waals surface area contributed by atoms with Crippen molar-refractivity contribution in [2.24, 2.45) is 0 Å². The first-order valence-corrected chi connectivity index (χ1v) is 6.57. The van der Waals surface area contributed by atoms with Gasteiger partial charge in [-0.05, 0) is 34.1 Å². The number of nitrogens with one attached hydrogen (secondary N) is 2. The fraction of sp³-hybridized carbons (Fsp3) is 0.0833. The number of aromatic nitrogens is 2. The molecule has 0 aliphatic heterocycles. The fourth-order valence-corrected chi connectivity index (χ4v) is 1.84. The highest BCUT2D eigenvalue weighted by Crippen LogP contribution is 2.27. The van der Waals surface area contributed by atoms with Crippen LogP contribution >= 0.6 is 15.9 Å². The van der Waals surface area contributed by atoms with E-state index in [1.165, 1.54) is 24.3 Å². The summed E-state index contributed by atoms with van der Waals surface area (Å²) in [6.07, 6.45) is 0. The molecule has 0 spiro atoms. The van der Waals surface area contributed by atoms with Crippen LogP contribution in [0.15, 0.2) is 34.8 Å². The van der Waals surface area contributed by atoms with E-state index >= 15 is 0 Å². The highest BCUT2D eigenvalue weighted by molar-refractivity contribution is 9.10. The molecule has 0 bridgehead atoms. The van der Waals surface area contributed by atoms with Crippen molar-refractivity contribution in [1.82, 2.24) is 10.2 Å². The summed E-state index contributed by atoms with van der Waals surface area (Å²) in [6, 6.07) is 7.19. The molecule has 2 N–H and O–H groups in total. The van der Waals surface area contributed by atoms with Crippen molar-refractivity contribution in [1.29, 1.82) is 0 Å². The Bertz CT molecular complexity index is 690. The molecule has 1 heterocycles. The molecule has 21 heavy (non-hydrogen) atoms. The van der Waals surface area contributed by atoms with E-state index in [2.05, 4.69) is 36.8 Å². The van der Waals surface area contributed by atoms with E-state index in [-0.39, 0.29) is 17.1 Å². The fourth-order valence-electron chi connectivity index (χ4n) is 1.50. The molecule has 1 aromatic carbocycles. The summed E-state index contributed by atoms with van der Waals surface area (Å²) in [6.45, 7) is 0. The summed E-state index contributed by atoms with van der Waals surface area (Å²) in [5.74, 6) is 0.0226. The lowest BCUT2D eigenvalue weighted by atomic mass is 10.2. The molecule has 0 fully saturated rings. The summed E-state index contributed by atoms with van der Waals surface area (Å²) < 4.78 is 0.529. The SMILES string of the molecule is CNc1ccc(C(=O)Nc2cc([N+](=O)[O-])ccc2Br)nn1. The Balaban J connectivity index is 2.22. The van der Waals surface area contributed by atoms with Crippen LogP contribution in [0.4, 0.5) is 17.2 Å². The molecule has 1 amide bonds. The van der Waals surface area contributed by atoms with E-state index < -0.39 is 10.8 Å². The molecule has 0 saturated heterocycles. The van der Waals surface area contributed by atoms with Crippen molar-refractivity contribution in [2.75, 3.05) is 17.7 Å². The van der Waals surface area contributed by atoms with Crippen molar-refractivity contribution in [3.05, 3.63) is 50.6 Å². The lowest BCUT2D eigenvalue weighted by Crippen LogP contribution is -2.15. The Labute approximate surface area is 127 Å². The number of nitrogens with zero attached hydrogens (tertiary/aromatic N) is 3. The molecule has 8 nitrogen and oxygen atoms in total. The molecule has 2 aromatic rings. The Hall–Kier alpha value is -2.55. The first-order valence-electron chi connectivity index (χ1n) is 5.78. The van der Waals surface area contributed by atoms with Gasteiger partial charge in [-0.2, -0.15) is 0 Å². The number of halogens is 1. The summed E-state index contributed by atoms with van der Waals surface area (Å²) in [5.41, 5.74) is 0.270. The quantitative estimate of drug-likeness (QED) is 0.646. The first-order chi connectivity index (χ1) is 10.0. The van der Waals surface area contributed by atoms with Gasteiger partial charge in [-0.1, -0.05) is 0 Å². The number of nitro benzene ring substituents is 1. The summed E-state index contributed by atoms with van der Waals surface area (Å²) >= 11 is 3.22. The van der Waals surface area contributed by atoms with Gasteiger partial charge in [-0.25, -0.2) is 0 Å². The number of carbonyl (C=O) groups is 1. The van der Waals surface area contributed by atoms with Crippen LogP contribution in [0.25, 0.3) is 0 Å². The highest BCUT2D eigenvalue weighted by Gasteiger charge is 2.14. The second kappa shape index (κ2) is 6.27. The second-order valence-electron chi connectivity index (χ2n) is 3.93. The van der Waals surface area contributed by atoms with Crippen LogP contribution in [0.3, 0.4) is 0 Å². The lowest BCUT2D eigenvalue weighted by Gasteiger charge is -2.07. The van der Waals surface area contributed by atoms with Crippen LogP contribution in [0.2, 0.25) is 0 Å². The summed E-state index contributed by atoms with van der Waals surface area (Å²) in [5, 5.41) is 23.6. The number of non-ortho nitro benzene ring substituents is 1. The van der Waals surface area contributed by atoms with Crippen LogP contribution in [-0.4, -0.2) is 28.1 Å². The smallest absolute Gasteiger partial charge is 0.276 e. The molecule has 0 aliphatic carbocycles. The van der Waals surface area contributed by atoms with Crippen LogP contribution < -0.4 is 10.6 Å². The third-order valence-electron chi connectivity index (χ3n) is 2.56. The Morgan fingerprint density at radius 1 is 1.29 bits per heavy atom. The van der Waals surface area contributed by atoms with Gasteiger partial charge in [0, 0.05) is 23.7 Å². The van der Waals surface area contributed by atoms with Crippen LogP contribution in [0.5, 0.6) is 0 Å². The van der Waals surface area contributed by atoms with Gasteiger partial charge in [0.05, 0.1) is 10.6 Å². The van der Waals surface area contributed by atoms with Gasteiger partial charge in [-0.15, -0.1) is 10.2 Å². The molecule has 2 rings (SSSR count). The molecular weight excluding hydrogens is 342 g/mol. The number of anilines is 2. The molecule has 0 unspecified atom stereocenters. The van der Waals surface area contributed by atoms with Crippen molar-refractivity contribution < 1.29 is 9.72 Å². The van der Waals surface area contributed by atoms with E-state index in [1.807, 2.05) is 0 Å². The van der Waals surface area contributed by atoms with Crippen LogP contribution in [0.1, 0.15) is 10.5 Å². The van der Waals surface area contributed by atoms with Crippen molar-refractivity contribution >= 4 is 39.0 Å². The maximum atomic E-state index is 12.0. The third kappa shape index (κ3) is 3.51. The molecule has 0 aliphatic rings. The number of carbonyl (C=O) groups excluding carboxylic acids is 1. The zero-order valence-corrected chi connectivity index (χ0v) is 12.4. The number of rotatable bonds is 4. The number of amides is 1. The Kier molecular flexibility index (Phi) is 4.43. The monoisotopic (exact) mass is 351 g/mol. The molecule has 108 valence electrons. The van der Waals surface area contributed by atoms with E-state index in [0.29, 0.717) is 10.3 Å². The summed E-state index contributed by atoms with van der Waals surface area (Å²) in [4.78, 5) is 22.2. The van der Waals surface area contributed by atoms with Gasteiger partial charge < -0.3 is 10.6 Å². The maximum Gasteiger partial charge on any atom is 0.276 e. The number of hydrogen-bond acceptors (Lipinski definition) is 6. The number of benzene rings is 1. The standard InChI is InChI=1S/C12H10BrN5O3/c1-14-11-5-4-9(16-17-11)12(19)15-10-6-7(18(20)21)2-3-8(10)13/h2-6H,1H3,(H,14,17)(H,15,19). The van der Waals surface area contributed by atoms with E-state index in [1.54, 1.807) is 13.1 Å². The second-order valence-corrected chi connectivity index (χ2v) is 4.78. The Morgan fingerprint density at radius 2 is 2.05 bits per heavy atom. The van der Waals surface area contributed by atoms with Crippen molar-refractivity contribution in [3.63, 3.8) is 0 Å². The highest BCUT2D eigenvalue weighted by atomic mass is 79.9. The topological polar surface area (TPSA) is 110 Å². The number of nitro groups is 1. The van der Waals surface area contributed by atoms with E-state index in [0.717, 1.165) is 0 Å². The summed E-state index contributed by atoms with van der Waals surface area (Å²) in [7, 11) is 1.68. The minimum absolute atomic E-state index is 0.104. The molecule has 1 aromatic heterocycles. The normalized spacial score (nSPS) is 10.0. The molecule has 0 atom stereocenters. The third-order valence-corrected chi connectivity index (χ3v) is 3.25. The molecular formula is C12H10BrN5O3. The van der Waals surface area contributed by atoms with Crippen LogP contribution in [0, 0.1) is 10.1 Å². The van der Waals surface area contributed by atoms with Gasteiger partial charge in [-0.3, -0.25) is 14.9 Å². The minimum atomic E-state index is -0.538. The molecule has 9 heteroatoms. The van der Waals surface area contributed by atoms with Gasteiger partial charge in [0.25, 0.3) is 11.6 Å². The van der Waals surface area contributed by atoms with Gasteiger partial charge in [0.1, 0.15) is 5.82 Å². The average molecular weight is 352 g/mol. The predicted molar refractivity (Wildman–Crippen MR) is 80.3 cm³/mol. The first kappa shape index (κ1) is 14.9. The minimum Gasteiger partial charge on any atom is -0.372 e. The zero-order chi connectivity index (χ0) is 15.4. The molecule has 0 saturated carbocycles. The van der Waals surface area contributed by atoms with Gasteiger partial charge in [0.2, 0.25) is 0 Å².